The van der Waals surface area contributed by atoms with Gasteiger partial charge in [-0.2, -0.15) is 0 Å². The highest BCUT2D eigenvalue weighted by atomic mass is 16.5. The minimum atomic E-state index is 0.0126. The molecule has 1 amide bonds. The monoisotopic (exact) mass is 221 g/mol. The Morgan fingerprint density at radius 1 is 1.38 bits per heavy atom. The molecule has 0 bridgehead atoms. The van der Waals surface area contributed by atoms with Crippen molar-refractivity contribution in [3.05, 3.63) is 29.8 Å². The molecule has 1 heterocycles. The lowest BCUT2D eigenvalue weighted by molar-refractivity contribution is 0.0736. The molecule has 0 atom stereocenters. The summed E-state index contributed by atoms with van der Waals surface area (Å²) < 4.78 is 0. The molecule has 0 aliphatic carbocycles. The summed E-state index contributed by atoms with van der Waals surface area (Å²) in [5, 5.41) is 12.0. The number of anilines is 1. The standard InChI is InChI=1S/C11H15N3O2/c15-11(14-6-4-12-5-7-14)9-2-1-3-10(8-9)13-16/h1-3,8,12-13,16H,4-7H2. The summed E-state index contributed by atoms with van der Waals surface area (Å²) in [4.78, 5) is 13.9. The van der Waals surface area contributed by atoms with Gasteiger partial charge in [-0.1, -0.05) is 6.07 Å². The van der Waals surface area contributed by atoms with Crippen molar-refractivity contribution in [2.24, 2.45) is 0 Å². The SMILES string of the molecule is O=C(c1cccc(NO)c1)N1CCNCC1. The van der Waals surface area contributed by atoms with Crippen molar-refractivity contribution in [3.63, 3.8) is 0 Å². The second kappa shape index (κ2) is 4.96. The van der Waals surface area contributed by atoms with Gasteiger partial charge in [0.15, 0.2) is 0 Å². The van der Waals surface area contributed by atoms with E-state index in [1.54, 1.807) is 24.3 Å². The van der Waals surface area contributed by atoms with Crippen LogP contribution in [0.4, 0.5) is 5.69 Å². The molecule has 2 rings (SSSR count). The second-order valence-corrected chi connectivity index (χ2v) is 3.73. The maximum atomic E-state index is 12.1. The van der Waals surface area contributed by atoms with E-state index in [0.29, 0.717) is 11.3 Å². The molecule has 1 aliphatic heterocycles. The van der Waals surface area contributed by atoms with Crippen molar-refractivity contribution < 1.29 is 10.0 Å². The lowest BCUT2D eigenvalue weighted by Gasteiger charge is -2.27. The third-order valence-corrected chi connectivity index (χ3v) is 2.64. The van der Waals surface area contributed by atoms with Crippen LogP contribution in [0.2, 0.25) is 0 Å². The van der Waals surface area contributed by atoms with Crippen LogP contribution in [0.25, 0.3) is 0 Å². The zero-order chi connectivity index (χ0) is 11.4. The largest absolute Gasteiger partial charge is 0.336 e. The van der Waals surface area contributed by atoms with Crippen molar-refractivity contribution in [1.29, 1.82) is 0 Å². The first-order chi connectivity index (χ1) is 7.81. The molecule has 0 spiro atoms. The molecule has 5 heteroatoms. The topological polar surface area (TPSA) is 64.6 Å². The Balaban J connectivity index is 2.12. The van der Waals surface area contributed by atoms with E-state index in [4.69, 9.17) is 5.21 Å². The molecule has 5 nitrogen and oxygen atoms in total. The third-order valence-electron chi connectivity index (χ3n) is 2.64. The van der Waals surface area contributed by atoms with E-state index in [1.807, 2.05) is 10.4 Å². The summed E-state index contributed by atoms with van der Waals surface area (Å²) in [5.74, 6) is 0.0126. The van der Waals surface area contributed by atoms with Gasteiger partial charge in [0.2, 0.25) is 0 Å². The highest BCUT2D eigenvalue weighted by Gasteiger charge is 2.17. The first-order valence-electron chi connectivity index (χ1n) is 5.31. The van der Waals surface area contributed by atoms with Crippen LogP contribution in [0.15, 0.2) is 24.3 Å². The van der Waals surface area contributed by atoms with E-state index >= 15 is 0 Å². The number of benzene rings is 1. The van der Waals surface area contributed by atoms with E-state index < -0.39 is 0 Å². The van der Waals surface area contributed by atoms with Gasteiger partial charge >= 0.3 is 0 Å². The van der Waals surface area contributed by atoms with Gasteiger partial charge in [-0.3, -0.25) is 15.5 Å². The van der Waals surface area contributed by atoms with E-state index in [1.165, 1.54) is 0 Å². The first kappa shape index (κ1) is 10.9. The summed E-state index contributed by atoms with van der Waals surface area (Å²) in [6.45, 7) is 3.14. The second-order valence-electron chi connectivity index (χ2n) is 3.73. The van der Waals surface area contributed by atoms with Crippen LogP contribution in [-0.2, 0) is 0 Å². The minimum Gasteiger partial charge on any atom is -0.336 e. The summed E-state index contributed by atoms with van der Waals surface area (Å²) in [5.41, 5.74) is 3.17. The van der Waals surface area contributed by atoms with Gasteiger partial charge in [-0.05, 0) is 18.2 Å². The summed E-state index contributed by atoms with van der Waals surface area (Å²) in [6.07, 6.45) is 0. The van der Waals surface area contributed by atoms with Crippen molar-refractivity contribution in [1.82, 2.24) is 10.2 Å². The predicted molar refractivity (Wildman–Crippen MR) is 60.6 cm³/mol. The average molecular weight is 221 g/mol. The zero-order valence-corrected chi connectivity index (χ0v) is 8.94. The zero-order valence-electron chi connectivity index (χ0n) is 8.94. The Morgan fingerprint density at radius 2 is 2.12 bits per heavy atom. The maximum absolute atomic E-state index is 12.1. The van der Waals surface area contributed by atoms with Crippen LogP contribution >= 0.6 is 0 Å². The lowest BCUT2D eigenvalue weighted by atomic mass is 10.1. The molecule has 0 unspecified atom stereocenters. The van der Waals surface area contributed by atoms with Crippen molar-refractivity contribution in [2.75, 3.05) is 31.7 Å². The Morgan fingerprint density at radius 3 is 2.81 bits per heavy atom. The fourth-order valence-electron chi connectivity index (χ4n) is 1.77. The number of hydrogen-bond acceptors (Lipinski definition) is 4. The van der Waals surface area contributed by atoms with Crippen molar-refractivity contribution >= 4 is 11.6 Å². The molecular weight excluding hydrogens is 206 g/mol. The number of nitrogens with one attached hydrogen (secondary N) is 2. The molecule has 1 aromatic rings. The van der Waals surface area contributed by atoms with E-state index in [0.717, 1.165) is 26.2 Å². The lowest BCUT2D eigenvalue weighted by Crippen LogP contribution is -2.46. The van der Waals surface area contributed by atoms with E-state index in [9.17, 15) is 4.79 Å². The van der Waals surface area contributed by atoms with Gasteiger partial charge < -0.3 is 10.2 Å². The summed E-state index contributed by atoms with van der Waals surface area (Å²) in [7, 11) is 0. The number of nitrogens with zero attached hydrogens (tertiary/aromatic N) is 1. The summed E-state index contributed by atoms with van der Waals surface area (Å²) in [6, 6.07) is 6.85. The van der Waals surface area contributed by atoms with Gasteiger partial charge in [0, 0.05) is 31.7 Å². The number of rotatable bonds is 2. The van der Waals surface area contributed by atoms with Crippen LogP contribution in [-0.4, -0.2) is 42.2 Å². The van der Waals surface area contributed by atoms with Crippen molar-refractivity contribution in [2.45, 2.75) is 0 Å². The molecule has 0 saturated carbocycles. The fourth-order valence-corrected chi connectivity index (χ4v) is 1.77. The fraction of sp³-hybridized carbons (Fsp3) is 0.364. The molecule has 3 N–H and O–H groups in total. The van der Waals surface area contributed by atoms with E-state index in [2.05, 4.69) is 5.32 Å². The molecule has 16 heavy (non-hydrogen) atoms. The van der Waals surface area contributed by atoms with Gasteiger partial charge in [-0.15, -0.1) is 0 Å². The Labute approximate surface area is 94.0 Å². The minimum absolute atomic E-state index is 0.0126. The number of carbonyl (C=O) groups is 1. The van der Waals surface area contributed by atoms with Crippen LogP contribution in [0.1, 0.15) is 10.4 Å². The van der Waals surface area contributed by atoms with Crippen LogP contribution in [0, 0.1) is 0 Å². The Bertz CT molecular complexity index is 375. The predicted octanol–water partition coefficient (Wildman–Crippen LogP) is 0.533. The smallest absolute Gasteiger partial charge is 0.254 e. The molecule has 1 aromatic carbocycles. The highest BCUT2D eigenvalue weighted by molar-refractivity contribution is 5.95. The number of piperazine rings is 1. The van der Waals surface area contributed by atoms with Gasteiger partial charge in [0.1, 0.15) is 0 Å². The maximum Gasteiger partial charge on any atom is 0.254 e. The average Bonchev–Trinajstić information content (AvgIpc) is 2.39. The number of carbonyl (C=O) groups excluding carboxylic acids is 1. The number of amides is 1. The molecule has 0 aromatic heterocycles. The molecule has 86 valence electrons. The van der Waals surface area contributed by atoms with Gasteiger partial charge in [0.05, 0.1) is 5.69 Å². The molecule has 0 radical (unpaired) electrons. The van der Waals surface area contributed by atoms with Gasteiger partial charge in [-0.25, -0.2) is 0 Å². The van der Waals surface area contributed by atoms with E-state index in [-0.39, 0.29) is 5.91 Å². The molecule has 1 aliphatic rings. The normalized spacial score (nSPS) is 15.9. The molecule has 1 saturated heterocycles. The quantitative estimate of drug-likeness (QED) is 0.637. The Kier molecular flexibility index (Phi) is 3.38. The third kappa shape index (κ3) is 2.32. The van der Waals surface area contributed by atoms with Crippen LogP contribution < -0.4 is 10.8 Å². The van der Waals surface area contributed by atoms with Crippen LogP contribution in [0.5, 0.6) is 0 Å². The van der Waals surface area contributed by atoms with Crippen LogP contribution in [0.3, 0.4) is 0 Å². The highest BCUT2D eigenvalue weighted by Crippen LogP contribution is 2.12. The number of hydrogen-bond donors (Lipinski definition) is 3. The molecule has 1 fully saturated rings. The van der Waals surface area contributed by atoms with Gasteiger partial charge in [0.25, 0.3) is 5.91 Å². The Hall–Kier alpha value is -1.59. The summed E-state index contributed by atoms with van der Waals surface area (Å²) >= 11 is 0. The molecular formula is C11H15N3O2. The van der Waals surface area contributed by atoms with Crippen molar-refractivity contribution in [3.8, 4) is 0 Å². The first-order valence-corrected chi connectivity index (χ1v) is 5.31.